The number of aromatic nitrogens is 2. The molecule has 1 aliphatic rings. The minimum atomic E-state index is 0.0223. The topological polar surface area (TPSA) is 41.0 Å². The molecule has 0 amide bonds. The molecule has 0 radical (unpaired) electrons. The van der Waals surface area contributed by atoms with Crippen LogP contribution in [0.5, 0.6) is 0 Å². The number of rotatable bonds is 5. The molecule has 0 aliphatic carbocycles. The molecule has 0 atom stereocenters. The molecule has 140 valence electrons. The van der Waals surface area contributed by atoms with Gasteiger partial charge in [-0.25, -0.2) is 4.79 Å². The quantitative estimate of drug-likeness (QED) is 0.745. The Morgan fingerprint density at radius 3 is 2.26 bits per heavy atom. The smallest absolute Gasteiger partial charge is 0.305 e. The maximum atomic E-state index is 12.6. The first-order valence-corrected chi connectivity index (χ1v) is 9.85. The van der Waals surface area contributed by atoms with Gasteiger partial charge in [0, 0.05) is 31.4 Å². The molecular weight excluding hydrogens is 334 g/mol. The molecule has 4 rings (SSSR count). The molecular formula is C23H27N3O. The largest absolute Gasteiger partial charge is 0.326 e. The molecule has 1 aliphatic heterocycles. The van der Waals surface area contributed by atoms with Crippen molar-refractivity contribution in [3.05, 3.63) is 82.4 Å². The van der Waals surface area contributed by atoms with Crippen LogP contribution in [-0.2, 0) is 6.42 Å². The summed E-state index contributed by atoms with van der Waals surface area (Å²) >= 11 is 0. The third kappa shape index (κ3) is 3.91. The Morgan fingerprint density at radius 2 is 1.59 bits per heavy atom. The van der Waals surface area contributed by atoms with E-state index in [4.69, 9.17) is 0 Å². The molecule has 2 heterocycles. The van der Waals surface area contributed by atoms with Gasteiger partial charge in [-0.1, -0.05) is 60.7 Å². The van der Waals surface area contributed by atoms with Gasteiger partial charge in [0.25, 0.3) is 0 Å². The molecule has 1 fully saturated rings. The lowest BCUT2D eigenvalue weighted by Gasteiger charge is -2.32. The number of piperidine rings is 1. The third-order valence-corrected chi connectivity index (χ3v) is 5.72. The van der Waals surface area contributed by atoms with Crippen LogP contribution in [0.25, 0.3) is 11.3 Å². The highest BCUT2D eigenvalue weighted by Crippen LogP contribution is 2.27. The van der Waals surface area contributed by atoms with Crippen molar-refractivity contribution in [2.75, 3.05) is 19.6 Å². The van der Waals surface area contributed by atoms with E-state index in [1.165, 1.54) is 5.56 Å². The standard InChI is InChI=1S/C23H27N3O/c1-18-22(20-10-6-3-7-11-20)24-23(27)26(18)21-13-16-25(17-14-21)15-12-19-8-4-2-5-9-19/h2-11,21H,12-17H2,1H3,(H,24,27). The monoisotopic (exact) mass is 361 g/mol. The van der Waals surface area contributed by atoms with Crippen molar-refractivity contribution >= 4 is 0 Å². The van der Waals surface area contributed by atoms with Crippen LogP contribution >= 0.6 is 0 Å². The van der Waals surface area contributed by atoms with E-state index < -0.39 is 0 Å². The van der Waals surface area contributed by atoms with Crippen molar-refractivity contribution in [2.45, 2.75) is 32.2 Å². The van der Waals surface area contributed by atoms with Crippen LogP contribution in [0.2, 0.25) is 0 Å². The van der Waals surface area contributed by atoms with Crippen molar-refractivity contribution in [3.8, 4) is 11.3 Å². The van der Waals surface area contributed by atoms with E-state index in [1.54, 1.807) is 0 Å². The minimum absolute atomic E-state index is 0.0223. The molecule has 0 bridgehead atoms. The van der Waals surface area contributed by atoms with E-state index in [-0.39, 0.29) is 5.69 Å². The van der Waals surface area contributed by atoms with Crippen molar-refractivity contribution in [2.24, 2.45) is 0 Å². The molecule has 4 heteroatoms. The van der Waals surface area contributed by atoms with Crippen LogP contribution in [0.3, 0.4) is 0 Å². The fourth-order valence-corrected chi connectivity index (χ4v) is 4.19. The maximum absolute atomic E-state index is 12.6. The number of H-pyrrole nitrogens is 1. The molecule has 1 N–H and O–H groups in total. The normalized spacial score (nSPS) is 15.9. The van der Waals surface area contributed by atoms with E-state index in [2.05, 4.69) is 59.3 Å². The summed E-state index contributed by atoms with van der Waals surface area (Å²) in [6.45, 7) is 5.25. The second-order valence-electron chi connectivity index (χ2n) is 7.44. The molecule has 1 saturated heterocycles. The van der Waals surface area contributed by atoms with Crippen molar-refractivity contribution in [1.82, 2.24) is 14.5 Å². The average molecular weight is 361 g/mol. The summed E-state index contributed by atoms with van der Waals surface area (Å²) in [4.78, 5) is 18.2. The third-order valence-electron chi connectivity index (χ3n) is 5.72. The van der Waals surface area contributed by atoms with E-state index in [9.17, 15) is 4.79 Å². The Labute approximate surface area is 160 Å². The Hall–Kier alpha value is -2.59. The summed E-state index contributed by atoms with van der Waals surface area (Å²) in [5, 5.41) is 0. The van der Waals surface area contributed by atoms with Gasteiger partial charge in [-0.3, -0.25) is 4.57 Å². The first kappa shape index (κ1) is 17.8. The maximum Gasteiger partial charge on any atom is 0.326 e. The lowest BCUT2D eigenvalue weighted by atomic mass is 10.0. The number of hydrogen-bond donors (Lipinski definition) is 1. The van der Waals surface area contributed by atoms with Crippen molar-refractivity contribution in [1.29, 1.82) is 0 Å². The zero-order valence-corrected chi connectivity index (χ0v) is 15.9. The Kier molecular flexibility index (Phi) is 5.26. The highest BCUT2D eigenvalue weighted by Gasteiger charge is 2.24. The average Bonchev–Trinajstić information content (AvgIpc) is 3.02. The molecule has 0 saturated carbocycles. The van der Waals surface area contributed by atoms with E-state index in [1.807, 2.05) is 22.8 Å². The van der Waals surface area contributed by atoms with Gasteiger partial charge in [-0.2, -0.15) is 0 Å². The predicted molar refractivity (Wildman–Crippen MR) is 110 cm³/mol. The summed E-state index contributed by atoms with van der Waals surface area (Å²) in [5.41, 5.74) is 4.49. The Morgan fingerprint density at radius 1 is 0.963 bits per heavy atom. The summed E-state index contributed by atoms with van der Waals surface area (Å²) in [5.74, 6) is 0. The molecule has 1 aromatic heterocycles. The number of nitrogens with zero attached hydrogens (tertiary/aromatic N) is 2. The molecule has 0 unspecified atom stereocenters. The van der Waals surface area contributed by atoms with Gasteiger partial charge in [0.15, 0.2) is 0 Å². The minimum Gasteiger partial charge on any atom is -0.305 e. The lowest BCUT2D eigenvalue weighted by molar-refractivity contribution is 0.185. The van der Waals surface area contributed by atoms with Crippen LogP contribution in [-0.4, -0.2) is 34.1 Å². The van der Waals surface area contributed by atoms with E-state index in [0.717, 1.165) is 55.8 Å². The lowest BCUT2D eigenvalue weighted by Crippen LogP contribution is -2.38. The first-order valence-electron chi connectivity index (χ1n) is 9.85. The fourth-order valence-electron chi connectivity index (χ4n) is 4.19. The van der Waals surface area contributed by atoms with Gasteiger partial charge in [-0.15, -0.1) is 0 Å². The van der Waals surface area contributed by atoms with Gasteiger partial charge < -0.3 is 9.88 Å². The molecule has 27 heavy (non-hydrogen) atoms. The number of aromatic amines is 1. The SMILES string of the molecule is Cc1c(-c2ccccc2)[nH]c(=O)n1C1CCN(CCc2ccccc2)CC1. The Bertz CT molecular complexity index is 919. The first-order chi connectivity index (χ1) is 13.2. The van der Waals surface area contributed by atoms with Crippen LogP contribution in [0.4, 0.5) is 0 Å². The molecule has 3 aromatic rings. The highest BCUT2D eigenvalue weighted by atomic mass is 16.1. The zero-order chi connectivity index (χ0) is 18.6. The van der Waals surface area contributed by atoms with E-state index >= 15 is 0 Å². The van der Waals surface area contributed by atoms with Crippen LogP contribution in [0.1, 0.15) is 30.1 Å². The molecule has 0 spiro atoms. The summed E-state index contributed by atoms with van der Waals surface area (Å²) in [6, 6.07) is 21.1. The van der Waals surface area contributed by atoms with Crippen LogP contribution in [0, 0.1) is 6.92 Å². The summed E-state index contributed by atoms with van der Waals surface area (Å²) < 4.78 is 1.98. The second-order valence-corrected chi connectivity index (χ2v) is 7.44. The number of likely N-dealkylation sites (tertiary alicyclic amines) is 1. The molecule has 4 nitrogen and oxygen atoms in total. The van der Waals surface area contributed by atoms with Gasteiger partial charge in [0.2, 0.25) is 0 Å². The summed E-state index contributed by atoms with van der Waals surface area (Å²) in [6.07, 6.45) is 3.15. The van der Waals surface area contributed by atoms with Gasteiger partial charge in [-0.05, 0) is 37.3 Å². The fraction of sp³-hybridized carbons (Fsp3) is 0.348. The van der Waals surface area contributed by atoms with Crippen molar-refractivity contribution in [3.63, 3.8) is 0 Å². The number of hydrogen-bond acceptors (Lipinski definition) is 2. The van der Waals surface area contributed by atoms with Gasteiger partial charge >= 0.3 is 5.69 Å². The van der Waals surface area contributed by atoms with Gasteiger partial charge in [0.1, 0.15) is 0 Å². The number of nitrogens with one attached hydrogen (secondary N) is 1. The highest BCUT2D eigenvalue weighted by molar-refractivity contribution is 5.61. The Balaban J connectivity index is 1.41. The van der Waals surface area contributed by atoms with E-state index in [0.29, 0.717) is 6.04 Å². The van der Waals surface area contributed by atoms with Crippen LogP contribution in [0.15, 0.2) is 65.5 Å². The van der Waals surface area contributed by atoms with Crippen LogP contribution < -0.4 is 5.69 Å². The van der Waals surface area contributed by atoms with Gasteiger partial charge in [0.05, 0.1) is 5.69 Å². The number of imidazole rings is 1. The summed E-state index contributed by atoms with van der Waals surface area (Å²) in [7, 11) is 0. The zero-order valence-electron chi connectivity index (χ0n) is 15.9. The second kappa shape index (κ2) is 7.97. The molecule has 2 aromatic carbocycles. The van der Waals surface area contributed by atoms with Crippen molar-refractivity contribution < 1.29 is 0 Å². The number of benzene rings is 2. The predicted octanol–water partition coefficient (Wildman–Crippen LogP) is 4.03.